The highest BCUT2D eigenvalue weighted by Gasteiger charge is 2.25. The van der Waals surface area contributed by atoms with Gasteiger partial charge in [0.1, 0.15) is 0 Å². The molecule has 3 rings (SSSR count). The molecule has 1 fully saturated rings. The maximum absolute atomic E-state index is 12.9. The summed E-state index contributed by atoms with van der Waals surface area (Å²) in [6.07, 6.45) is 4.63. The normalized spacial score (nSPS) is 17.9. The lowest BCUT2D eigenvalue weighted by molar-refractivity contribution is -0.118. The number of benzene rings is 2. The van der Waals surface area contributed by atoms with Crippen LogP contribution in [0.1, 0.15) is 55.7 Å². The minimum Gasteiger partial charge on any atom is -0.324 e. The van der Waals surface area contributed by atoms with E-state index in [0.717, 1.165) is 24.2 Å². The van der Waals surface area contributed by atoms with Crippen LogP contribution >= 0.6 is 0 Å². The second-order valence-electron chi connectivity index (χ2n) is 8.05. The molecule has 2 aromatic carbocycles. The van der Waals surface area contributed by atoms with E-state index in [0.29, 0.717) is 18.5 Å². The Bertz CT molecular complexity index is 754. The zero-order valence-corrected chi connectivity index (χ0v) is 16.9. The Labute approximate surface area is 163 Å². The molecule has 1 aliphatic rings. The summed E-state index contributed by atoms with van der Waals surface area (Å²) < 4.78 is 0. The third-order valence-corrected chi connectivity index (χ3v) is 5.60. The number of hydrogen-bond acceptors (Lipinski definition) is 2. The number of hydrogen-bond donors (Lipinski definition) is 1. The van der Waals surface area contributed by atoms with Crippen molar-refractivity contribution < 1.29 is 4.79 Å². The number of rotatable bonds is 6. The molecule has 1 unspecified atom stereocenters. The molecule has 3 heteroatoms. The van der Waals surface area contributed by atoms with E-state index in [1.54, 1.807) is 0 Å². The SMILES string of the molecule is Cc1cccc(C(C)C)c1NC(=O)CN1CCCCC1Cc1ccccc1. The number of carbonyl (C=O) groups excluding carboxylic acids is 1. The summed E-state index contributed by atoms with van der Waals surface area (Å²) in [7, 11) is 0. The predicted octanol–water partition coefficient (Wildman–Crippen LogP) is 5.15. The third-order valence-electron chi connectivity index (χ3n) is 5.60. The summed E-state index contributed by atoms with van der Waals surface area (Å²) in [5.41, 5.74) is 4.70. The minimum atomic E-state index is 0.103. The number of aryl methyl sites for hydroxylation is 1. The number of nitrogens with zero attached hydrogens (tertiary/aromatic N) is 1. The highest BCUT2D eigenvalue weighted by atomic mass is 16.2. The van der Waals surface area contributed by atoms with Crippen LogP contribution in [0.3, 0.4) is 0 Å². The molecule has 27 heavy (non-hydrogen) atoms. The first-order valence-corrected chi connectivity index (χ1v) is 10.2. The van der Waals surface area contributed by atoms with Gasteiger partial charge in [0, 0.05) is 11.7 Å². The molecule has 0 spiro atoms. The Kier molecular flexibility index (Phi) is 6.68. The largest absolute Gasteiger partial charge is 0.324 e. The van der Waals surface area contributed by atoms with Crippen LogP contribution in [0, 0.1) is 6.92 Å². The van der Waals surface area contributed by atoms with Crippen molar-refractivity contribution in [3.63, 3.8) is 0 Å². The monoisotopic (exact) mass is 364 g/mol. The molecule has 0 aromatic heterocycles. The van der Waals surface area contributed by atoms with Crippen LogP contribution < -0.4 is 5.32 Å². The number of anilines is 1. The molecule has 0 saturated carbocycles. The first kappa shape index (κ1) is 19.6. The molecular weight excluding hydrogens is 332 g/mol. The second kappa shape index (κ2) is 9.18. The van der Waals surface area contributed by atoms with Crippen LogP contribution in [-0.4, -0.2) is 29.9 Å². The van der Waals surface area contributed by atoms with Gasteiger partial charge in [0.25, 0.3) is 0 Å². The maximum atomic E-state index is 12.9. The molecule has 2 aromatic rings. The molecular formula is C24H32N2O. The number of likely N-dealkylation sites (tertiary alicyclic amines) is 1. The highest BCUT2D eigenvalue weighted by Crippen LogP contribution is 2.28. The van der Waals surface area contributed by atoms with Crippen molar-refractivity contribution in [3.05, 3.63) is 65.2 Å². The molecule has 1 atom stereocenters. The zero-order valence-electron chi connectivity index (χ0n) is 16.9. The van der Waals surface area contributed by atoms with Crippen molar-refractivity contribution in [2.45, 2.75) is 58.4 Å². The summed E-state index contributed by atoms with van der Waals surface area (Å²) in [5.74, 6) is 0.493. The minimum absolute atomic E-state index is 0.103. The lowest BCUT2D eigenvalue weighted by Gasteiger charge is -2.35. The Hall–Kier alpha value is -2.13. The lowest BCUT2D eigenvalue weighted by atomic mass is 9.95. The number of nitrogens with one attached hydrogen (secondary N) is 1. The molecule has 0 bridgehead atoms. The molecule has 1 N–H and O–H groups in total. The van der Waals surface area contributed by atoms with Gasteiger partial charge in [-0.2, -0.15) is 0 Å². The van der Waals surface area contributed by atoms with Gasteiger partial charge in [-0.25, -0.2) is 0 Å². The van der Waals surface area contributed by atoms with Crippen LogP contribution in [0.2, 0.25) is 0 Å². The molecule has 1 amide bonds. The van der Waals surface area contributed by atoms with Crippen LogP contribution in [0.5, 0.6) is 0 Å². The summed E-state index contributed by atoms with van der Waals surface area (Å²) in [4.78, 5) is 15.2. The number of para-hydroxylation sites is 1. The summed E-state index contributed by atoms with van der Waals surface area (Å²) in [6, 6.07) is 17.3. The molecule has 144 valence electrons. The van der Waals surface area contributed by atoms with Gasteiger partial charge < -0.3 is 5.32 Å². The summed E-state index contributed by atoms with van der Waals surface area (Å²) in [6.45, 7) is 7.90. The summed E-state index contributed by atoms with van der Waals surface area (Å²) in [5, 5.41) is 3.21. The van der Waals surface area contributed by atoms with Gasteiger partial charge in [0.15, 0.2) is 0 Å². The molecule has 1 aliphatic heterocycles. The first-order valence-electron chi connectivity index (χ1n) is 10.2. The topological polar surface area (TPSA) is 32.3 Å². The quantitative estimate of drug-likeness (QED) is 0.768. The van der Waals surface area contributed by atoms with Crippen molar-refractivity contribution in [2.75, 3.05) is 18.4 Å². The van der Waals surface area contributed by atoms with Gasteiger partial charge in [-0.15, -0.1) is 0 Å². The van der Waals surface area contributed by atoms with Crippen molar-refractivity contribution in [3.8, 4) is 0 Å². The molecule has 0 aliphatic carbocycles. The van der Waals surface area contributed by atoms with Gasteiger partial charge >= 0.3 is 0 Å². The van der Waals surface area contributed by atoms with Crippen molar-refractivity contribution in [1.29, 1.82) is 0 Å². The Morgan fingerprint density at radius 3 is 2.63 bits per heavy atom. The van der Waals surface area contributed by atoms with Crippen molar-refractivity contribution >= 4 is 11.6 Å². The second-order valence-corrected chi connectivity index (χ2v) is 8.05. The van der Waals surface area contributed by atoms with Crippen molar-refractivity contribution in [1.82, 2.24) is 4.90 Å². The van der Waals surface area contributed by atoms with Crippen molar-refractivity contribution in [2.24, 2.45) is 0 Å². The molecule has 3 nitrogen and oxygen atoms in total. The van der Waals surface area contributed by atoms with Crippen LogP contribution in [0.4, 0.5) is 5.69 Å². The first-order chi connectivity index (χ1) is 13.0. The standard InChI is InChI=1S/C24H32N2O/c1-18(2)22-14-9-10-19(3)24(22)25-23(27)17-26-15-8-7-13-21(26)16-20-11-5-4-6-12-20/h4-6,9-12,14,18,21H,7-8,13,15-17H2,1-3H3,(H,25,27). The van der Waals surface area contributed by atoms with Gasteiger partial charge in [-0.1, -0.05) is 68.8 Å². The van der Waals surface area contributed by atoms with E-state index >= 15 is 0 Å². The number of amides is 1. The van der Waals surface area contributed by atoms with Gasteiger partial charge in [-0.05, 0) is 55.3 Å². The van der Waals surface area contributed by atoms with Crippen LogP contribution in [-0.2, 0) is 11.2 Å². The summed E-state index contributed by atoms with van der Waals surface area (Å²) >= 11 is 0. The van der Waals surface area contributed by atoms with Crippen LogP contribution in [0.15, 0.2) is 48.5 Å². The van der Waals surface area contributed by atoms with E-state index in [1.807, 2.05) is 0 Å². The van der Waals surface area contributed by atoms with E-state index in [9.17, 15) is 4.79 Å². The average molecular weight is 365 g/mol. The Morgan fingerprint density at radius 2 is 1.89 bits per heavy atom. The Morgan fingerprint density at radius 1 is 1.11 bits per heavy atom. The third kappa shape index (κ3) is 5.20. The van der Waals surface area contributed by atoms with Gasteiger partial charge in [0.05, 0.1) is 6.54 Å². The molecule has 0 radical (unpaired) electrons. The highest BCUT2D eigenvalue weighted by molar-refractivity contribution is 5.94. The molecule has 1 heterocycles. The fourth-order valence-electron chi connectivity index (χ4n) is 4.09. The fraction of sp³-hybridized carbons (Fsp3) is 0.458. The van der Waals surface area contributed by atoms with E-state index in [2.05, 4.69) is 79.5 Å². The zero-order chi connectivity index (χ0) is 19.2. The smallest absolute Gasteiger partial charge is 0.238 e. The van der Waals surface area contributed by atoms with E-state index in [4.69, 9.17) is 0 Å². The predicted molar refractivity (Wildman–Crippen MR) is 113 cm³/mol. The van der Waals surface area contributed by atoms with E-state index < -0.39 is 0 Å². The van der Waals surface area contributed by atoms with Crippen LogP contribution in [0.25, 0.3) is 0 Å². The van der Waals surface area contributed by atoms with Gasteiger partial charge in [0.2, 0.25) is 5.91 Å². The maximum Gasteiger partial charge on any atom is 0.238 e. The van der Waals surface area contributed by atoms with E-state index in [-0.39, 0.29) is 5.91 Å². The number of piperidine rings is 1. The van der Waals surface area contributed by atoms with Gasteiger partial charge in [-0.3, -0.25) is 9.69 Å². The molecule has 1 saturated heterocycles. The van der Waals surface area contributed by atoms with E-state index in [1.165, 1.54) is 30.4 Å². The number of carbonyl (C=O) groups is 1. The average Bonchev–Trinajstić information content (AvgIpc) is 2.65. The Balaban J connectivity index is 1.67. The fourth-order valence-corrected chi connectivity index (χ4v) is 4.09. The lowest BCUT2D eigenvalue weighted by Crippen LogP contribution is -2.45.